The van der Waals surface area contributed by atoms with E-state index in [1.54, 1.807) is 19.6 Å². The lowest BCUT2D eigenvalue weighted by Gasteiger charge is -2.38. The molecule has 1 atom stereocenters. The van der Waals surface area contributed by atoms with Crippen molar-refractivity contribution in [1.29, 1.82) is 0 Å². The number of benzene rings is 1. The largest absolute Gasteiger partial charge is 0.495 e. The Morgan fingerprint density at radius 1 is 1.19 bits per heavy atom. The molecular weight excluding hydrogens is 466 g/mol. The van der Waals surface area contributed by atoms with Gasteiger partial charge in [0.15, 0.2) is 0 Å². The molecule has 0 bridgehead atoms. The second-order valence-electron chi connectivity index (χ2n) is 10.4. The summed E-state index contributed by atoms with van der Waals surface area (Å²) in [4.78, 5) is 26.4. The molecule has 0 spiro atoms. The molecule has 37 heavy (non-hydrogen) atoms. The standard InChI is InChI=1S/C29H35N5O3/c1-20-18-37-27(33-20)34-28(2,15-21-16-30-24-10-6-5-9-23(21)24)26(35)32-19-29(13-7-4-8-14-29)25-12-11-22(36-3)17-31-25/h5-6,9-12,16-18,30H,4,7-8,13-15,19H2,1-3H3,(H,32,35)(H,33,34)/t28-/m0/s1. The highest BCUT2D eigenvalue weighted by Gasteiger charge is 2.40. The lowest BCUT2D eigenvalue weighted by Crippen LogP contribution is -2.55. The Morgan fingerprint density at radius 3 is 2.70 bits per heavy atom. The Hall–Kier alpha value is -3.81. The Bertz CT molecular complexity index is 1350. The zero-order valence-corrected chi connectivity index (χ0v) is 21.8. The van der Waals surface area contributed by atoms with E-state index in [-0.39, 0.29) is 11.3 Å². The third-order valence-corrected chi connectivity index (χ3v) is 7.64. The number of pyridine rings is 1. The van der Waals surface area contributed by atoms with Gasteiger partial charge in [0.1, 0.15) is 17.6 Å². The Morgan fingerprint density at radius 2 is 2.00 bits per heavy atom. The third-order valence-electron chi connectivity index (χ3n) is 7.64. The second kappa shape index (κ2) is 10.3. The summed E-state index contributed by atoms with van der Waals surface area (Å²) in [5.41, 5.74) is 2.64. The lowest BCUT2D eigenvalue weighted by molar-refractivity contribution is -0.125. The van der Waals surface area contributed by atoms with Gasteiger partial charge in [-0.1, -0.05) is 37.5 Å². The fourth-order valence-corrected chi connectivity index (χ4v) is 5.50. The molecule has 5 rings (SSSR count). The first-order valence-electron chi connectivity index (χ1n) is 12.9. The number of aromatic nitrogens is 3. The number of para-hydroxylation sites is 1. The van der Waals surface area contributed by atoms with Crippen LogP contribution >= 0.6 is 0 Å². The first-order chi connectivity index (χ1) is 17.9. The van der Waals surface area contributed by atoms with E-state index in [1.165, 1.54) is 6.42 Å². The predicted molar refractivity (Wildman–Crippen MR) is 144 cm³/mol. The van der Waals surface area contributed by atoms with Crippen molar-refractivity contribution >= 4 is 22.8 Å². The fraction of sp³-hybridized carbons (Fsp3) is 0.414. The number of amides is 1. The average molecular weight is 502 g/mol. The zero-order valence-electron chi connectivity index (χ0n) is 21.8. The summed E-state index contributed by atoms with van der Waals surface area (Å²) in [7, 11) is 1.64. The Balaban J connectivity index is 1.41. The zero-order chi connectivity index (χ0) is 25.9. The van der Waals surface area contributed by atoms with Gasteiger partial charge in [0, 0.05) is 41.2 Å². The summed E-state index contributed by atoms with van der Waals surface area (Å²) in [5.74, 6) is 0.627. The number of H-pyrrole nitrogens is 1. The van der Waals surface area contributed by atoms with Crippen LogP contribution in [0, 0.1) is 6.92 Å². The van der Waals surface area contributed by atoms with Crippen molar-refractivity contribution in [1.82, 2.24) is 20.3 Å². The second-order valence-corrected chi connectivity index (χ2v) is 10.4. The normalized spacial score (nSPS) is 16.7. The number of aryl methyl sites for hydroxylation is 1. The molecule has 8 nitrogen and oxygen atoms in total. The van der Waals surface area contributed by atoms with Crippen LogP contribution in [0.5, 0.6) is 5.75 Å². The van der Waals surface area contributed by atoms with Crippen molar-refractivity contribution in [2.24, 2.45) is 0 Å². The highest BCUT2D eigenvalue weighted by molar-refractivity contribution is 5.91. The van der Waals surface area contributed by atoms with Gasteiger partial charge in [0.25, 0.3) is 6.01 Å². The van der Waals surface area contributed by atoms with Crippen molar-refractivity contribution < 1.29 is 13.9 Å². The molecule has 1 aliphatic carbocycles. The fourth-order valence-electron chi connectivity index (χ4n) is 5.50. The highest BCUT2D eigenvalue weighted by Crippen LogP contribution is 2.38. The van der Waals surface area contributed by atoms with Crippen LogP contribution < -0.4 is 15.4 Å². The van der Waals surface area contributed by atoms with Crippen molar-refractivity contribution in [2.45, 2.75) is 63.3 Å². The number of hydrogen-bond donors (Lipinski definition) is 3. The Kier molecular flexibility index (Phi) is 6.91. The van der Waals surface area contributed by atoms with Crippen LogP contribution in [0.3, 0.4) is 0 Å². The van der Waals surface area contributed by atoms with Gasteiger partial charge in [-0.2, -0.15) is 4.98 Å². The van der Waals surface area contributed by atoms with Crippen LogP contribution in [-0.2, 0) is 16.6 Å². The van der Waals surface area contributed by atoms with Gasteiger partial charge in [-0.15, -0.1) is 0 Å². The molecule has 0 unspecified atom stereocenters. The smallest absolute Gasteiger partial charge is 0.295 e. The first kappa shape index (κ1) is 24.9. The summed E-state index contributed by atoms with van der Waals surface area (Å²) in [5, 5.41) is 7.69. The van der Waals surface area contributed by atoms with E-state index in [0.29, 0.717) is 19.0 Å². The minimum Gasteiger partial charge on any atom is -0.495 e. The van der Waals surface area contributed by atoms with Gasteiger partial charge in [-0.05, 0) is 50.5 Å². The molecule has 0 radical (unpaired) electrons. The number of hydrogen-bond acceptors (Lipinski definition) is 6. The van der Waals surface area contributed by atoms with Gasteiger partial charge in [-0.3, -0.25) is 9.78 Å². The van der Waals surface area contributed by atoms with Gasteiger partial charge in [0.2, 0.25) is 5.91 Å². The molecule has 0 saturated heterocycles. The number of methoxy groups -OCH3 is 1. The van der Waals surface area contributed by atoms with E-state index in [2.05, 4.69) is 26.7 Å². The third kappa shape index (κ3) is 5.19. The van der Waals surface area contributed by atoms with E-state index in [0.717, 1.165) is 59.3 Å². The summed E-state index contributed by atoms with van der Waals surface area (Å²) in [6, 6.07) is 12.4. The number of oxazole rings is 1. The van der Waals surface area contributed by atoms with E-state index in [1.807, 2.05) is 50.4 Å². The maximum Gasteiger partial charge on any atom is 0.295 e. The van der Waals surface area contributed by atoms with E-state index in [9.17, 15) is 4.79 Å². The van der Waals surface area contributed by atoms with Crippen LogP contribution in [-0.4, -0.2) is 40.1 Å². The molecule has 1 aliphatic rings. The maximum atomic E-state index is 14.0. The maximum absolute atomic E-state index is 14.0. The van der Waals surface area contributed by atoms with Gasteiger partial charge >= 0.3 is 0 Å². The molecule has 0 aliphatic heterocycles. The van der Waals surface area contributed by atoms with Crippen molar-refractivity contribution in [3.05, 3.63) is 72.0 Å². The van der Waals surface area contributed by atoms with Gasteiger partial charge in [0.05, 0.1) is 19.0 Å². The number of carbonyl (C=O) groups is 1. The summed E-state index contributed by atoms with van der Waals surface area (Å²) < 4.78 is 10.9. The lowest BCUT2D eigenvalue weighted by atomic mass is 9.71. The summed E-state index contributed by atoms with van der Waals surface area (Å²) in [6.07, 6.45) is 11.2. The van der Waals surface area contributed by atoms with Crippen LogP contribution in [0.2, 0.25) is 0 Å². The molecule has 4 aromatic rings. The molecule has 8 heteroatoms. The van der Waals surface area contributed by atoms with Crippen LogP contribution in [0.15, 0.2) is 59.5 Å². The molecule has 3 N–H and O–H groups in total. The molecular formula is C29H35N5O3. The molecule has 3 heterocycles. The van der Waals surface area contributed by atoms with E-state index < -0.39 is 5.54 Å². The van der Waals surface area contributed by atoms with Crippen LogP contribution in [0.4, 0.5) is 6.01 Å². The van der Waals surface area contributed by atoms with Gasteiger partial charge < -0.3 is 24.8 Å². The number of anilines is 1. The first-order valence-corrected chi connectivity index (χ1v) is 12.9. The van der Waals surface area contributed by atoms with Crippen molar-refractivity contribution in [3.63, 3.8) is 0 Å². The quantitative estimate of drug-likeness (QED) is 0.287. The molecule has 1 saturated carbocycles. The van der Waals surface area contributed by atoms with Crippen molar-refractivity contribution in [3.8, 4) is 5.75 Å². The van der Waals surface area contributed by atoms with Crippen molar-refractivity contribution in [2.75, 3.05) is 19.0 Å². The predicted octanol–water partition coefficient (Wildman–Crippen LogP) is 5.30. The molecule has 194 valence electrons. The summed E-state index contributed by atoms with van der Waals surface area (Å²) in [6.45, 7) is 4.28. The van der Waals surface area contributed by atoms with Crippen LogP contribution in [0.1, 0.15) is 56.0 Å². The Labute approximate surface area is 217 Å². The number of carbonyl (C=O) groups excluding carboxylic acids is 1. The molecule has 1 aromatic carbocycles. The summed E-state index contributed by atoms with van der Waals surface area (Å²) >= 11 is 0. The number of aromatic amines is 1. The molecule has 1 fully saturated rings. The van der Waals surface area contributed by atoms with Gasteiger partial charge in [-0.25, -0.2) is 0 Å². The molecule has 1 amide bonds. The molecule has 3 aromatic heterocycles. The minimum absolute atomic E-state index is 0.105. The number of nitrogens with zero attached hydrogens (tertiary/aromatic N) is 2. The van der Waals surface area contributed by atoms with E-state index >= 15 is 0 Å². The highest BCUT2D eigenvalue weighted by atomic mass is 16.5. The van der Waals surface area contributed by atoms with E-state index in [4.69, 9.17) is 14.1 Å². The van der Waals surface area contributed by atoms with Crippen LogP contribution in [0.25, 0.3) is 10.9 Å². The number of fused-ring (bicyclic) bond motifs is 1. The SMILES string of the molecule is COc1ccc(C2(CNC(=O)[C@](C)(Cc3c[nH]c4ccccc34)Nc3nc(C)co3)CCCCC2)nc1. The average Bonchev–Trinajstić information content (AvgIpc) is 3.53. The number of nitrogens with one attached hydrogen (secondary N) is 3. The number of ether oxygens (including phenoxy) is 1. The number of rotatable bonds is 9. The minimum atomic E-state index is -0.995. The monoisotopic (exact) mass is 501 g/mol. The topological polar surface area (TPSA) is 105 Å².